The van der Waals surface area contributed by atoms with Gasteiger partial charge >= 0.3 is 0 Å². The minimum Gasteiger partial charge on any atom is -0.473 e. The number of aromatic nitrogens is 2. The van der Waals surface area contributed by atoms with Gasteiger partial charge in [0.1, 0.15) is 25.0 Å². The lowest BCUT2D eigenvalue weighted by molar-refractivity contribution is -0.125. The smallest absolute Gasteiger partial charge is 0.247 e. The van der Waals surface area contributed by atoms with E-state index in [0.717, 1.165) is 11.7 Å². The summed E-state index contributed by atoms with van der Waals surface area (Å²) in [6.45, 7) is 0.206. The van der Waals surface area contributed by atoms with Crippen LogP contribution >= 0.6 is 11.7 Å². The Morgan fingerprint density at radius 3 is 2.94 bits per heavy atom. The second kappa shape index (κ2) is 7.12. The third-order valence-electron chi connectivity index (χ3n) is 1.81. The van der Waals surface area contributed by atoms with Crippen molar-refractivity contribution in [3.05, 3.63) is 6.20 Å². The summed E-state index contributed by atoms with van der Waals surface area (Å²) in [5.74, 6) is -0.456. The van der Waals surface area contributed by atoms with Crippen LogP contribution in [0.15, 0.2) is 6.20 Å². The number of ether oxygens (including phenoxy) is 1. The predicted molar refractivity (Wildman–Crippen MR) is 59.5 cm³/mol. The molecule has 17 heavy (non-hydrogen) atoms. The fourth-order valence-corrected chi connectivity index (χ4v) is 1.31. The highest BCUT2D eigenvalue weighted by Crippen LogP contribution is 2.04. The van der Waals surface area contributed by atoms with Crippen molar-refractivity contribution in [2.75, 3.05) is 19.7 Å². The Morgan fingerprint density at radius 2 is 2.35 bits per heavy atom. The topological polar surface area (TPSA) is 131 Å². The molecule has 2 unspecified atom stereocenters. The van der Waals surface area contributed by atoms with Crippen molar-refractivity contribution in [1.29, 1.82) is 0 Å². The lowest BCUT2D eigenvalue weighted by Crippen LogP contribution is -2.41. The molecule has 0 aromatic carbocycles. The van der Waals surface area contributed by atoms with Crippen LogP contribution in [0.1, 0.15) is 0 Å². The van der Waals surface area contributed by atoms with E-state index in [2.05, 4.69) is 14.1 Å². The molecule has 1 rings (SSSR count). The first-order chi connectivity index (χ1) is 8.09. The van der Waals surface area contributed by atoms with Crippen LogP contribution in [0, 0.1) is 0 Å². The van der Waals surface area contributed by atoms with Crippen LogP contribution in [0.25, 0.3) is 0 Å². The number of aliphatic hydroxyl groups excluding tert-OH is 2. The van der Waals surface area contributed by atoms with Gasteiger partial charge in [-0.3, -0.25) is 4.79 Å². The van der Waals surface area contributed by atoms with Crippen molar-refractivity contribution in [3.8, 4) is 5.88 Å². The summed E-state index contributed by atoms with van der Waals surface area (Å²) in [7, 11) is 0. The van der Waals surface area contributed by atoms with Crippen LogP contribution in [0.4, 0.5) is 0 Å². The summed E-state index contributed by atoms with van der Waals surface area (Å²) in [6, 6.07) is 0. The molecular weight excluding hydrogens is 248 g/mol. The fourth-order valence-electron chi connectivity index (χ4n) is 0.947. The average Bonchev–Trinajstić information content (AvgIpc) is 2.78. The number of nitrogens with zero attached hydrogens (tertiary/aromatic N) is 2. The Bertz CT molecular complexity index is 334. The van der Waals surface area contributed by atoms with E-state index in [1.807, 2.05) is 0 Å². The van der Waals surface area contributed by atoms with E-state index in [1.54, 1.807) is 0 Å². The molecule has 0 saturated heterocycles. The first kappa shape index (κ1) is 13.8. The molecule has 0 aliphatic carbocycles. The van der Waals surface area contributed by atoms with Gasteiger partial charge in [-0.05, 0) is 0 Å². The summed E-state index contributed by atoms with van der Waals surface area (Å²) in [5.41, 5.74) is 4.85. The number of carbonyl (C=O) groups is 1. The van der Waals surface area contributed by atoms with Gasteiger partial charge in [0, 0.05) is 13.1 Å². The molecule has 2 atom stereocenters. The molecule has 1 heterocycles. The summed E-state index contributed by atoms with van der Waals surface area (Å²) in [4.78, 5) is 10.5. The van der Waals surface area contributed by atoms with Crippen LogP contribution in [-0.4, -0.2) is 56.8 Å². The Kier molecular flexibility index (Phi) is 5.77. The molecule has 0 aliphatic rings. The van der Waals surface area contributed by atoms with Gasteiger partial charge in [-0.25, -0.2) is 0 Å². The molecule has 0 fully saturated rings. The highest BCUT2D eigenvalue weighted by molar-refractivity contribution is 6.99. The number of hydrogen-bond donors (Lipinski definition) is 4. The molecule has 0 bridgehead atoms. The Balaban J connectivity index is 2.09. The highest BCUT2D eigenvalue weighted by Gasteiger charge is 2.11. The van der Waals surface area contributed by atoms with Crippen molar-refractivity contribution in [2.45, 2.75) is 12.2 Å². The van der Waals surface area contributed by atoms with Gasteiger partial charge < -0.3 is 26.0 Å². The number of primary amides is 1. The first-order valence-electron chi connectivity index (χ1n) is 4.86. The molecule has 0 aliphatic heterocycles. The average molecular weight is 262 g/mol. The lowest BCUT2D eigenvalue weighted by Gasteiger charge is -2.13. The van der Waals surface area contributed by atoms with Crippen LogP contribution in [0.5, 0.6) is 5.88 Å². The molecule has 0 radical (unpaired) electrons. The quantitative estimate of drug-likeness (QED) is 0.415. The Morgan fingerprint density at radius 1 is 1.59 bits per heavy atom. The molecule has 1 aromatic heterocycles. The van der Waals surface area contributed by atoms with E-state index >= 15 is 0 Å². The van der Waals surface area contributed by atoms with Gasteiger partial charge in [-0.2, -0.15) is 4.37 Å². The predicted octanol–water partition coefficient (Wildman–Crippen LogP) is -2.29. The highest BCUT2D eigenvalue weighted by atomic mass is 32.1. The number of aliphatic hydroxyl groups is 2. The minimum atomic E-state index is -1.26. The van der Waals surface area contributed by atoms with Gasteiger partial charge in [0.2, 0.25) is 11.8 Å². The Labute approximate surface area is 102 Å². The zero-order chi connectivity index (χ0) is 12.7. The summed E-state index contributed by atoms with van der Waals surface area (Å²) in [6.07, 6.45) is -0.593. The molecule has 5 N–H and O–H groups in total. The number of amides is 1. The van der Waals surface area contributed by atoms with Crippen LogP contribution < -0.4 is 15.8 Å². The van der Waals surface area contributed by atoms with Gasteiger partial charge in [-0.15, -0.1) is 4.37 Å². The van der Waals surface area contributed by atoms with E-state index in [9.17, 15) is 9.90 Å². The monoisotopic (exact) mass is 262 g/mol. The third kappa shape index (κ3) is 5.54. The zero-order valence-corrected chi connectivity index (χ0v) is 9.76. The van der Waals surface area contributed by atoms with Gasteiger partial charge in [0.15, 0.2) is 0 Å². The first-order valence-corrected chi connectivity index (χ1v) is 5.59. The SMILES string of the molecule is NC(=O)C(O)CNCC(O)COc1cnsn1. The molecular formula is C8H14N4O4S. The normalized spacial score (nSPS) is 14.2. The second-order valence-electron chi connectivity index (χ2n) is 3.29. The van der Waals surface area contributed by atoms with Gasteiger partial charge in [-0.1, -0.05) is 0 Å². The number of nitrogens with one attached hydrogen (secondary N) is 1. The van der Waals surface area contributed by atoms with Crippen LogP contribution in [-0.2, 0) is 4.79 Å². The summed E-state index contributed by atoms with van der Waals surface area (Å²) in [5, 5.41) is 21.2. The fraction of sp³-hybridized carbons (Fsp3) is 0.625. The largest absolute Gasteiger partial charge is 0.473 e. The van der Waals surface area contributed by atoms with Crippen LogP contribution in [0.3, 0.4) is 0 Å². The van der Waals surface area contributed by atoms with E-state index in [1.165, 1.54) is 6.20 Å². The maximum atomic E-state index is 10.5. The molecule has 1 aromatic rings. The Hall–Kier alpha value is -1.29. The van der Waals surface area contributed by atoms with Crippen molar-refractivity contribution >= 4 is 17.6 Å². The maximum Gasteiger partial charge on any atom is 0.247 e. The van der Waals surface area contributed by atoms with Crippen molar-refractivity contribution in [3.63, 3.8) is 0 Å². The maximum absolute atomic E-state index is 10.5. The van der Waals surface area contributed by atoms with Gasteiger partial charge in [0.25, 0.3) is 0 Å². The number of carbonyl (C=O) groups excluding carboxylic acids is 1. The lowest BCUT2D eigenvalue weighted by atomic mass is 10.3. The minimum absolute atomic E-state index is 0.00928. The summed E-state index contributed by atoms with van der Waals surface area (Å²) < 4.78 is 12.6. The molecule has 0 saturated carbocycles. The summed E-state index contributed by atoms with van der Waals surface area (Å²) >= 11 is 1.01. The zero-order valence-electron chi connectivity index (χ0n) is 8.94. The van der Waals surface area contributed by atoms with E-state index < -0.39 is 18.1 Å². The van der Waals surface area contributed by atoms with Crippen molar-refractivity contribution in [1.82, 2.24) is 14.1 Å². The molecule has 96 valence electrons. The van der Waals surface area contributed by atoms with Gasteiger partial charge in [0.05, 0.1) is 11.7 Å². The molecule has 9 heteroatoms. The van der Waals surface area contributed by atoms with E-state index in [4.69, 9.17) is 15.6 Å². The molecule has 8 nitrogen and oxygen atoms in total. The van der Waals surface area contributed by atoms with Crippen molar-refractivity contribution < 1.29 is 19.7 Å². The molecule has 1 amide bonds. The van der Waals surface area contributed by atoms with E-state index in [0.29, 0.717) is 5.88 Å². The van der Waals surface area contributed by atoms with Crippen LogP contribution in [0.2, 0.25) is 0 Å². The number of hydrogen-bond acceptors (Lipinski definition) is 8. The van der Waals surface area contributed by atoms with Crippen molar-refractivity contribution in [2.24, 2.45) is 5.73 Å². The number of nitrogens with two attached hydrogens (primary N) is 1. The standard InChI is InChI=1S/C8H14N4O4S/c9-8(15)6(14)2-10-1-5(13)4-16-7-3-11-17-12-7/h3,5-6,10,13-14H,1-2,4H2,(H2,9,15). The number of rotatable bonds is 8. The van der Waals surface area contributed by atoms with E-state index in [-0.39, 0.29) is 19.7 Å². The second-order valence-corrected chi connectivity index (χ2v) is 3.84. The molecule has 0 spiro atoms. The third-order valence-corrected chi connectivity index (χ3v) is 2.27.